The largest absolute Gasteiger partial charge is 0.365 e. The van der Waals surface area contributed by atoms with E-state index >= 15 is 0 Å². The predicted molar refractivity (Wildman–Crippen MR) is 118 cm³/mol. The summed E-state index contributed by atoms with van der Waals surface area (Å²) in [4.78, 5) is 13.4. The molecule has 6 rings (SSSR count). The molecule has 0 unspecified atom stereocenters. The summed E-state index contributed by atoms with van der Waals surface area (Å²) >= 11 is 0. The van der Waals surface area contributed by atoms with E-state index in [0.717, 1.165) is 18.7 Å². The molecule has 2 aromatic heterocycles. The molecule has 0 amide bonds. The van der Waals surface area contributed by atoms with Gasteiger partial charge in [0.2, 0.25) is 0 Å². The molecule has 33 heavy (non-hydrogen) atoms. The van der Waals surface area contributed by atoms with E-state index < -0.39 is 30.3 Å². The molecule has 3 aromatic rings. The Kier molecular flexibility index (Phi) is 4.83. The van der Waals surface area contributed by atoms with Crippen LogP contribution in [-0.4, -0.2) is 49.7 Å². The molecule has 1 N–H and O–H groups in total. The van der Waals surface area contributed by atoms with Crippen molar-refractivity contribution in [1.82, 2.24) is 19.5 Å². The average molecular weight is 449 g/mol. The van der Waals surface area contributed by atoms with Gasteiger partial charge in [0.25, 0.3) is 0 Å². The standard InChI is InChI=1S/C24H24FN5O3/c1-24(2)32-19-17(11-10-14-6-3-4-9-16(14)25)31-23(20(19)33-24)30-13-28-18-21(26-12-27-22(18)30)29-15-7-5-8-15/h3-4,6,9,12-13,15,17,19-20,23H,5,7-8H2,1-2H3,(H,26,27,29)/t17-,19-,20+,23-/m1/s1. The van der Waals surface area contributed by atoms with Gasteiger partial charge in [-0.3, -0.25) is 4.57 Å². The lowest BCUT2D eigenvalue weighted by Gasteiger charge is -2.26. The Hall–Kier alpha value is -3.06. The lowest BCUT2D eigenvalue weighted by Crippen LogP contribution is -2.28. The first kappa shape index (κ1) is 20.5. The number of benzene rings is 1. The normalized spacial score (nSPS) is 28.2. The number of ether oxygens (including phenoxy) is 3. The van der Waals surface area contributed by atoms with Crippen LogP contribution in [0.15, 0.2) is 36.9 Å². The van der Waals surface area contributed by atoms with E-state index in [4.69, 9.17) is 14.2 Å². The van der Waals surface area contributed by atoms with Gasteiger partial charge in [0.15, 0.2) is 29.0 Å². The third kappa shape index (κ3) is 3.64. The number of aromatic nitrogens is 4. The van der Waals surface area contributed by atoms with Crippen LogP contribution < -0.4 is 5.32 Å². The number of anilines is 1. The molecular formula is C24H24FN5O3. The Bertz CT molecular complexity index is 1260. The molecule has 170 valence electrons. The Morgan fingerprint density at radius 2 is 1.94 bits per heavy atom. The van der Waals surface area contributed by atoms with Crippen LogP contribution in [0.3, 0.4) is 0 Å². The van der Waals surface area contributed by atoms with E-state index in [1.807, 2.05) is 18.4 Å². The second-order valence-corrected chi connectivity index (χ2v) is 9.08. The number of halogens is 1. The zero-order chi connectivity index (χ0) is 22.6. The number of nitrogens with one attached hydrogen (secondary N) is 1. The molecule has 3 aliphatic rings. The molecule has 0 bridgehead atoms. The molecule has 8 nitrogen and oxygen atoms in total. The van der Waals surface area contributed by atoms with E-state index in [-0.39, 0.29) is 5.82 Å². The third-order valence-corrected chi connectivity index (χ3v) is 6.33. The highest BCUT2D eigenvalue weighted by Gasteiger charge is 2.56. The lowest BCUT2D eigenvalue weighted by molar-refractivity contribution is -0.190. The summed E-state index contributed by atoms with van der Waals surface area (Å²) < 4.78 is 34.5. The van der Waals surface area contributed by atoms with Crippen molar-refractivity contribution in [3.05, 3.63) is 48.3 Å². The van der Waals surface area contributed by atoms with Crippen molar-refractivity contribution < 1.29 is 18.6 Å². The maximum Gasteiger partial charge on any atom is 0.167 e. The molecule has 3 fully saturated rings. The van der Waals surface area contributed by atoms with Crippen molar-refractivity contribution in [2.45, 2.75) is 69.5 Å². The number of fused-ring (bicyclic) bond motifs is 2. The van der Waals surface area contributed by atoms with Gasteiger partial charge in [-0.05, 0) is 45.2 Å². The predicted octanol–water partition coefficient (Wildman–Crippen LogP) is 3.40. The number of nitrogens with zero attached hydrogens (tertiary/aromatic N) is 4. The van der Waals surface area contributed by atoms with Crippen molar-refractivity contribution in [2.75, 3.05) is 5.32 Å². The van der Waals surface area contributed by atoms with Crippen molar-refractivity contribution in [2.24, 2.45) is 0 Å². The summed E-state index contributed by atoms with van der Waals surface area (Å²) in [5.74, 6) is 5.49. The summed E-state index contributed by atoms with van der Waals surface area (Å²) in [6, 6.07) is 6.83. The van der Waals surface area contributed by atoms with Crippen molar-refractivity contribution in [3.8, 4) is 11.8 Å². The zero-order valence-electron chi connectivity index (χ0n) is 18.4. The van der Waals surface area contributed by atoms with Crippen LogP contribution >= 0.6 is 0 Å². The van der Waals surface area contributed by atoms with E-state index in [1.165, 1.54) is 18.8 Å². The first-order valence-corrected chi connectivity index (χ1v) is 11.2. The van der Waals surface area contributed by atoms with Crippen LogP contribution in [0, 0.1) is 17.7 Å². The maximum atomic E-state index is 14.1. The highest BCUT2D eigenvalue weighted by atomic mass is 19.1. The van der Waals surface area contributed by atoms with E-state index in [2.05, 4.69) is 32.1 Å². The topological polar surface area (TPSA) is 83.3 Å². The Morgan fingerprint density at radius 1 is 1.12 bits per heavy atom. The molecule has 9 heteroatoms. The highest BCUT2D eigenvalue weighted by Crippen LogP contribution is 2.43. The maximum absolute atomic E-state index is 14.1. The molecule has 0 spiro atoms. The van der Waals surface area contributed by atoms with Gasteiger partial charge in [-0.1, -0.05) is 24.0 Å². The molecule has 1 aromatic carbocycles. The monoisotopic (exact) mass is 449 g/mol. The van der Waals surface area contributed by atoms with Crippen molar-refractivity contribution in [3.63, 3.8) is 0 Å². The zero-order valence-corrected chi connectivity index (χ0v) is 18.4. The lowest BCUT2D eigenvalue weighted by atomic mass is 9.93. The minimum Gasteiger partial charge on any atom is -0.365 e. The van der Waals surface area contributed by atoms with Gasteiger partial charge in [-0.2, -0.15) is 0 Å². The second-order valence-electron chi connectivity index (χ2n) is 9.08. The average Bonchev–Trinajstić information content (AvgIpc) is 3.41. The fraction of sp³-hybridized carbons (Fsp3) is 0.458. The number of imidazole rings is 1. The van der Waals surface area contributed by atoms with Crippen LogP contribution in [0.2, 0.25) is 0 Å². The Morgan fingerprint density at radius 3 is 2.73 bits per heavy atom. The highest BCUT2D eigenvalue weighted by molar-refractivity contribution is 5.82. The van der Waals surface area contributed by atoms with Gasteiger partial charge in [0.05, 0.1) is 11.9 Å². The molecule has 2 aliphatic heterocycles. The van der Waals surface area contributed by atoms with Gasteiger partial charge in [0, 0.05) is 6.04 Å². The van der Waals surface area contributed by atoms with Gasteiger partial charge in [-0.15, -0.1) is 0 Å². The van der Waals surface area contributed by atoms with E-state index in [9.17, 15) is 4.39 Å². The van der Waals surface area contributed by atoms with E-state index in [0.29, 0.717) is 22.8 Å². The molecule has 4 atom stereocenters. The quantitative estimate of drug-likeness (QED) is 0.614. The Labute approximate surface area is 190 Å². The number of rotatable bonds is 3. The molecule has 0 radical (unpaired) electrons. The number of hydrogen-bond donors (Lipinski definition) is 1. The molecule has 1 saturated carbocycles. The van der Waals surface area contributed by atoms with Crippen LogP contribution in [0.25, 0.3) is 11.2 Å². The van der Waals surface area contributed by atoms with Crippen LogP contribution in [0.1, 0.15) is 44.9 Å². The first-order valence-electron chi connectivity index (χ1n) is 11.2. The van der Waals surface area contributed by atoms with Crippen LogP contribution in [-0.2, 0) is 14.2 Å². The van der Waals surface area contributed by atoms with Gasteiger partial charge >= 0.3 is 0 Å². The van der Waals surface area contributed by atoms with Crippen molar-refractivity contribution >= 4 is 17.0 Å². The number of hydrogen-bond acceptors (Lipinski definition) is 7. The van der Waals surface area contributed by atoms with Crippen molar-refractivity contribution in [1.29, 1.82) is 0 Å². The Balaban J connectivity index is 1.34. The SMILES string of the molecule is CC1(C)O[C@H]2[C@H](O1)[C@@H](C#Cc1ccccc1F)O[C@H]2n1cnc2c(NC3CCC3)ncnc21. The minimum absolute atomic E-state index is 0.312. The molecule has 2 saturated heterocycles. The first-order chi connectivity index (χ1) is 16.0. The van der Waals surface area contributed by atoms with Crippen LogP contribution in [0.4, 0.5) is 10.2 Å². The summed E-state index contributed by atoms with van der Waals surface area (Å²) in [7, 11) is 0. The third-order valence-electron chi connectivity index (χ3n) is 6.33. The molecular weight excluding hydrogens is 425 g/mol. The van der Waals surface area contributed by atoms with Crippen LogP contribution in [0.5, 0.6) is 0 Å². The fourth-order valence-electron chi connectivity index (χ4n) is 4.52. The smallest absolute Gasteiger partial charge is 0.167 e. The summed E-state index contributed by atoms with van der Waals surface area (Å²) in [5.41, 5.74) is 1.64. The second kappa shape index (κ2) is 7.76. The summed E-state index contributed by atoms with van der Waals surface area (Å²) in [5, 5.41) is 3.46. The summed E-state index contributed by atoms with van der Waals surface area (Å²) in [6.07, 6.45) is 4.69. The molecule has 4 heterocycles. The van der Waals surface area contributed by atoms with Gasteiger partial charge in [-0.25, -0.2) is 19.3 Å². The molecule has 1 aliphatic carbocycles. The van der Waals surface area contributed by atoms with E-state index in [1.54, 1.807) is 24.5 Å². The van der Waals surface area contributed by atoms with Gasteiger partial charge < -0.3 is 19.5 Å². The van der Waals surface area contributed by atoms with Gasteiger partial charge in [0.1, 0.15) is 30.5 Å². The summed E-state index contributed by atoms with van der Waals surface area (Å²) in [6.45, 7) is 3.72. The minimum atomic E-state index is -0.794. The fourth-order valence-corrected chi connectivity index (χ4v) is 4.52.